The van der Waals surface area contributed by atoms with Crippen molar-refractivity contribution in [3.05, 3.63) is 83.4 Å². The first-order valence-electron chi connectivity index (χ1n) is 7.86. The van der Waals surface area contributed by atoms with Crippen LogP contribution >= 0.6 is 0 Å². The summed E-state index contributed by atoms with van der Waals surface area (Å²) in [6.45, 7) is 0.210. The molecule has 0 aromatic heterocycles. The van der Waals surface area contributed by atoms with Gasteiger partial charge in [0.1, 0.15) is 23.7 Å². The van der Waals surface area contributed by atoms with Crippen molar-refractivity contribution in [2.24, 2.45) is 0 Å². The Hall–Kier alpha value is -3.78. The molecule has 0 unspecified atom stereocenters. The molecule has 128 valence electrons. The molecule has 0 aliphatic rings. The molecular formula is C21H15NO4. The first-order valence-corrected chi connectivity index (χ1v) is 7.86. The molecular weight excluding hydrogens is 330 g/mol. The van der Waals surface area contributed by atoms with Gasteiger partial charge in [0.2, 0.25) is 0 Å². The van der Waals surface area contributed by atoms with Crippen LogP contribution in [-0.2, 0) is 6.61 Å². The number of hydrogen-bond acceptors (Lipinski definition) is 4. The van der Waals surface area contributed by atoms with Gasteiger partial charge in [-0.25, -0.2) is 4.79 Å². The maximum atomic E-state index is 10.9. The van der Waals surface area contributed by atoms with Crippen LogP contribution in [0.1, 0.15) is 21.5 Å². The van der Waals surface area contributed by atoms with E-state index in [2.05, 4.69) is 6.07 Å². The summed E-state index contributed by atoms with van der Waals surface area (Å²) in [5.41, 5.74) is 2.97. The zero-order valence-electron chi connectivity index (χ0n) is 13.7. The number of carbonyl (C=O) groups is 1. The molecule has 0 saturated carbocycles. The van der Waals surface area contributed by atoms with Crippen molar-refractivity contribution in [2.45, 2.75) is 6.61 Å². The maximum absolute atomic E-state index is 10.9. The van der Waals surface area contributed by atoms with Gasteiger partial charge < -0.3 is 14.9 Å². The number of aromatic carboxylic acids is 1. The van der Waals surface area contributed by atoms with Gasteiger partial charge >= 0.3 is 5.97 Å². The van der Waals surface area contributed by atoms with Crippen LogP contribution in [0.4, 0.5) is 0 Å². The van der Waals surface area contributed by atoms with Crippen molar-refractivity contribution in [1.29, 1.82) is 5.26 Å². The third-order valence-electron chi connectivity index (χ3n) is 3.95. The number of carboxylic acids is 1. The molecule has 2 N–H and O–H groups in total. The second kappa shape index (κ2) is 7.41. The van der Waals surface area contributed by atoms with Gasteiger partial charge in [0.25, 0.3) is 0 Å². The molecule has 0 fully saturated rings. The van der Waals surface area contributed by atoms with E-state index in [0.29, 0.717) is 11.3 Å². The smallest absolute Gasteiger partial charge is 0.339 e. The summed E-state index contributed by atoms with van der Waals surface area (Å²) in [5, 5.41) is 28.0. The lowest BCUT2D eigenvalue weighted by Crippen LogP contribution is -2.00. The van der Waals surface area contributed by atoms with E-state index in [1.165, 1.54) is 18.2 Å². The van der Waals surface area contributed by atoms with Crippen LogP contribution < -0.4 is 4.74 Å². The number of aromatic hydroxyl groups is 1. The molecule has 5 heteroatoms. The number of hydrogen-bond donors (Lipinski definition) is 2. The molecule has 3 aromatic rings. The van der Waals surface area contributed by atoms with Gasteiger partial charge in [0.05, 0.1) is 11.6 Å². The summed E-state index contributed by atoms with van der Waals surface area (Å²) in [6.07, 6.45) is 0. The van der Waals surface area contributed by atoms with Crippen molar-refractivity contribution in [1.82, 2.24) is 0 Å². The monoisotopic (exact) mass is 345 g/mol. The molecule has 0 atom stereocenters. The lowest BCUT2D eigenvalue weighted by atomic mass is 9.96. The second-order valence-corrected chi connectivity index (χ2v) is 5.59. The maximum Gasteiger partial charge on any atom is 0.339 e. The molecule has 0 spiro atoms. The van der Waals surface area contributed by atoms with Crippen LogP contribution in [0.25, 0.3) is 11.1 Å². The minimum Gasteiger partial charge on any atom is -0.507 e. The molecule has 0 amide bonds. The predicted octanol–water partition coefficient (Wildman–Crippen LogP) is 4.21. The first kappa shape index (κ1) is 17.1. The Balaban J connectivity index is 1.87. The summed E-state index contributed by atoms with van der Waals surface area (Å²) in [4.78, 5) is 10.9. The van der Waals surface area contributed by atoms with Crippen LogP contribution in [-0.4, -0.2) is 16.2 Å². The van der Waals surface area contributed by atoms with Crippen molar-refractivity contribution in [3.8, 4) is 28.7 Å². The van der Waals surface area contributed by atoms with Gasteiger partial charge in [0.15, 0.2) is 0 Å². The predicted molar refractivity (Wildman–Crippen MR) is 96.0 cm³/mol. The van der Waals surface area contributed by atoms with Crippen molar-refractivity contribution >= 4 is 5.97 Å². The molecule has 0 heterocycles. The molecule has 3 rings (SSSR count). The van der Waals surface area contributed by atoms with E-state index in [9.17, 15) is 15.2 Å². The van der Waals surface area contributed by atoms with Crippen molar-refractivity contribution in [2.75, 3.05) is 0 Å². The molecule has 5 nitrogen and oxygen atoms in total. The van der Waals surface area contributed by atoms with Gasteiger partial charge in [-0.3, -0.25) is 0 Å². The topological polar surface area (TPSA) is 90.5 Å². The highest BCUT2D eigenvalue weighted by Crippen LogP contribution is 2.29. The SMILES string of the molecule is N#Cc1ccccc1-c1ccccc1COc1ccc(C(=O)O)c(O)c1. The highest BCUT2D eigenvalue weighted by molar-refractivity contribution is 5.90. The third kappa shape index (κ3) is 3.50. The standard InChI is InChI=1S/C21H15NO4/c22-12-14-5-1-3-7-17(14)18-8-4-2-6-15(18)13-26-16-9-10-19(21(24)25)20(23)11-16/h1-11,23H,13H2,(H,24,25). The zero-order valence-corrected chi connectivity index (χ0v) is 13.7. The first-order chi connectivity index (χ1) is 12.6. The number of ether oxygens (including phenoxy) is 1. The van der Waals surface area contributed by atoms with E-state index in [4.69, 9.17) is 9.84 Å². The molecule has 0 aliphatic carbocycles. The number of benzene rings is 3. The van der Waals surface area contributed by atoms with E-state index in [0.717, 1.165) is 16.7 Å². The normalized spacial score (nSPS) is 10.1. The van der Waals surface area contributed by atoms with Crippen LogP contribution in [0.3, 0.4) is 0 Å². The Morgan fingerprint density at radius 2 is 1.69 bits per heavy atom. The Morgan fingerprint density at radius 1 is 1.00 bits per heavy atom. The Labute approximate surface area is 150 Å². The van der Waals surface area contributed by atoms with E-state index in [1.807, 2.05) is 42.5 Å². The van der Waals surface area contributed by atoms with Gasteiger partial charge in [0, 0.05) is 6.07 Å². The lowest BCUT2D eigenvalue weighted by Gasteiger charge is -2.13. The molecule has 3 aromatic carbocycles. The van der Waals surface area contributed by atoms with Crippen LogP contribution in [0.15, 0.2) is 66.7 Å². The van der Waals surface area contributed by atoms with Gasteiger partial charge in [-0.05, 0) is 34.9 Å². The number of phenols is 1. The van der Waals surface area contributed by atoms with Crippen LogP contribution in [0.2, 0.25) is 0 Å². The van der Waals surface area contributed by atoms with Gasteiger partial charge in [-0.15, -0.1) is 0 Å². The third-order valence-corrected chi connectivity index (χ3v) is 3.95. The summed E-state index contributed by atoms with van der Waals surface area (Å²) in [5.74, 6) is -1.19. The second-order valence-electron chi connectivity index (χ2n) is 5.59. The number of nitriles is 1. The van der Waals surface area contributed by atoms with Crippen LogP contribution in [0, 0.1) is 11.3 Å². The minimum absolute atomic E-state index is 0.180. The highest BCUT2D eigenvalue weighted by atomic mass is 16.5. The average Bonchev–Trinajstić information content (AvgIpc) is 2.66. The summed E-state index contributed by atoms with van der Waals surface area (Å²) < 4.78 is 5.71. The van der Waals surface area contributed by atoms with Gasteiger partial charge in [-0.2, -0.15) is 5.26 Å². The molecule has 26 heavy (non-hydrogen) atoms. The average molecular weight is 345 g/mol. The zero-order chi connectivity index (χ0) is 18.5. The van der Waals surface area contributed by atoms with Crippen LogP contribution in [0.5, 0.6) is 11.5 Å². The minimum atomic E-state index is -1.20. The van der Waals surface area contributed by atoms with E-state index in [-0.39, 0.29) is 17.9 Å². The lowest BCUT2D eigenvalue weighted by molar-refractivity contribution is 0.0693. The summed E-state index contributed by atoms with van der Waals surface area (Å²) in [6, 6.07) is 21.2. The Kier molecular flexibility index (Phi) is 4.86. The molecule has 0 radical (unpaired) electrons. The highest BCUT2D eigenvalue weighted by Gasteiger charge is 2.12. The molecule has 0 saturated heterocycles. The largest absolute Gasteiger partial charge is 0.507 e. The van der Waals surface area contributed by atoms with E-state index >= 15 is 0 Å². The number of carboxylic acid groups (broad SMARTS) is 1. The number of rotatable bonds is 5. The van der Waals surface area contributed by atoms with Crippen molar-refractivity contribution < 1.29 is 19.7 Å². The summed E-state index contributed by atoms with van der Waals surface area (Å²) >= 11 is 0. The van der Waals surface area contributed by atoms with Crippen molar-refractivity contribution in [3.63, 3.8) is 0 Å². The number of nitrogens with zero attached hydrogens (tertiary/aromatic N) is 1. The van der Waals surface area contributed by atoms with E-state index < -0.39 is 5.97 Å². The Bertz CT molecular complexity index is 1000. The Morgan fingerprint density at radius 3 is 2.38 bits per heavy atom. The fraction of sp³-hybridized carbons (Fsp3) is 0.0476. The molecule has 0 aliphatic heterocycles. The van der Waals surface area contributed by atoms with Gasteiger partial charge in [-0.1, -0.05) is 42.5 Å². The summed E-state index contributed by atoms with van der Waals surface area (Å²) in [7, 11) is 0. The quantitative estimate of drug-likeness (QED) is 0.723. The van der Waals surface area contributed by atoms with E-state index in [1.54, 1.807) is 6.07 Å². The molecule has 0 bridgehead atoms. The fourth-order valence-electron chi connectivity index (χ4n) is 2.67. The fourth-order valence-corrected chi connectivity index (χ4v) is 2.67.